The number of aliphatic hydroxyl groups is 1. The lowest BCUT2D eigenvalue weighted by Gasteiger charge is -2.32. The van der Waals surface area contributed by atoms with Crippen LogP contribution in [0.3, 0.4) is 0 Å². The van der Waals surface area contributed by atoms with Crippen molar-refractivity contribution in [2.45, 2.75) is 58.0 Å². The van der Waals surface area contributed by atoms with E-state index in [1.54, 1.807) is 67.2 Å². The normalized spacial score (nSPS) is 13.5. The largest absolute Gasteiger partial charge is 1.00 e. The van der Waals surface area contributed by atoms with Crippen molar-refractivity contribution in [3.8, 4) is 17.3 Å². The molecule has 4 atom stereocenters. The standard InChI is InChI=1S/C37H39F2N8O6S.2ClH/c1-23(35-44-32(19-54-35)27-10-8-26(16-40)9-11-27)37(50,30-15-29(38)12-13-31(30)39)20-47-22-46(21-43-47)24(2)52-25(3)53-36(49)45(5)34-28(7-6-14-42-34)18-51-33(48)17-41-4;;/h6-15,19,21-25,41,50H,17-18,20H2,1-5H3;2*1H/q+1;;/p-1/t23-,24?,25?,37+;;/m0../s1. The average Bonchev–Trinajstić information content (AvgIpc) is 3.85. The van der Waals surface area contributed by atoms with Gasteiger partial charge in [0.1, 0.15) is 36.2 Å². The van der Waals surface area contributed by atoms with Crippen LogP contribution in [0.1, 0.15) is 54.6 Å². The van der Waals surface area contributed by atoms with E-state index in [4.69, 9.17) is 24.5 Å². The van der Waals surface area contributed by atoms with Gasteiger partial charge in [-0.25, -0.2) is 28.1 Å². The molecule has 19 heteroatoms. The van der Waals surface area contributed by atoms with Gasteiger partial charge < -0.3 is 37.0 Å². The summed E-state index contributed by atoms with van der Waals surface area (Å²) in [5.74, 6) is -2.61. The second kappa shape index (κ2) is 20.2. The second-order valence-corrected chi connectivity index (χ2v) is 13.2. The van der Waals surface area contributed by atoms with Gasteiger partial charge >= 0.3 is 12.1 Å². The summed E-state index contributed by atoms with van der Waals surface area (Å²) in [6.07, 6.45) is 1.84. The first-order chi connectivity index (χ1) is 25.8. The smallest absolute Gasteiger partial charge is 0.417 e. The molecule has 0 saturated carbocycles. The molecule has 5 aromatic rings. The summed E-state index contributed by atoms with van der Waals surface area (Å²) in [5.41, 5.74) is 0.0395. The van der Waals surface area contributed by atoms with Crippen LogP contribution in [0.4, 0.5) is 19.4 Å². The van der Waals surface area contributed by atoms with Gasteiger partial charge in [-0.05, 0) is 57.3 Å². The maximum atomic E-state index is 15.4. The number of ether oxygens (including phenoxy) is 3. The number of thiazole rings is 1. The van der Waals surface area contributed by atoms with Gasteiger partial charge in [0.2, 0.25) is 12.6 Å². The fourth-order valence-corrected chi connectivity index (χ4v) is 6.53. The van der Waals surface area contributed by atoms with Gasteiger partial charge in [0, 0.05) is 46.3 Å². The highest BCUT2D eigenvalue weighted by molar-refractivity contribution is 7.10. The van der Waals surface area contributed by atoms with E-state index >= 15 is 4.39 Å². The molecular formula is C37H40Cl2F2N8O6S. The summed E-state index contributed by atoms with van der Waals surface area (Å²) in [6.45, 7) is 4.50. The van der Waals surface area contributed by atoms with E-state index < -0.39 is 47.7 Å². The molecule has 0 aliphatic heterocycles. The number of carbonyl (C=O) groups excluding carboxylic acids is 2. The number of nitriles is 1. The third-order valence-corrected chi connectivity index (χ3v) is 9.59. The number of nitrogens with one attached hydrogen (secondary N) is 1. The van der Waals surface area contributed by atoms with Crippen molar-refractivity contribution in [3.05, 3.63) is 112 Å². The second-order valence-electron chi connectivity index (χ2n) is 12.3. The fraction of sp³-hybridized carbons (Fsp3) is 0.324. The molecule has 0 spiro atoms. The molecule has 14 nitrogen and oxygen atoms in total. The maximum absolute atomic E-state index is 15.4. The number of amides is 1. The van der Waals surface area contributed by atoms with Crippen LogP contribution in [-0.4, -0.2) is 63.8 Å². The Balaban J connectivity index is 0.00000420. The van der Waals surface area contributed by atoms with Crippen LogP contribution < -0.4 is 27.2 Å². The molecule has 0 saturated heterocycles. The highest BCUT2D eigenvalue weighted by atomic mass is 35.5. The van der Waals surface area contributed by atoms with Gasteiger partial charge in [-0.1, -0.05) is 25.1 Å². The van der Waals surface area contributed by atoms with Crippen molar-refractivity contribution in [2.75, 3.05) is 25.5 Å². The third kappa shape index (κ3) is 10.8. The molecule has 2 N–H and O–H groups in total. The number of esters is 1. The lowest BCUT2D eigenvalue weighted by Crippen LogP contribution is -3.00. The van der Waals surface area contributed by atoms with Gasteiger partial charge in [-0.3, -0.25) is 9.69 Å². The number of likely N-dealkylation sites (N-methyl/N-ethyl adjacent to an activating group) is 1. The fourth-order valence-electron chi connectivity index (χ4n) is 5.56. The van der Waals surface area contributed by atoms with Crippen LogP contribution in [0.2, 0.25) is 0 Å². The zero-order chi connectivity index (χ0) is 39.0. The minimum atomic E-state index is -2.02. The van der Waals surface area contributed by atoms with Gasteiger partial charge in [-0.2, -0.15) is 5.26 Å². The molecule has 2 aromatic carbocycles. The molecule has 298 valence electrons. The third-order valence-electron chi connectivity index (χ3n) is 8.56. The molecule has 0 radical (unpaired) electrons. The highest BCUT2D eigenvalue weighted by Gasteiger charge is 2.43. The van der Waals surface area contributed by atoms with Crippen LogP contribution in [0.15, 0.2) is 78.8 Å². The summed E-state index contributed by atoms with van der Waals surface area (Å²) < 4.78 is 49.4. The van der Waals surface area contributed by atoms with Crippen LogP contribution in [-0.2, 0) is 37.8 Å². The van der Waals surface area contributed by atoms with Crippen molar-refractivity contribution in [1.29, 1.82) is 5.26 Å². The number of hydrogen-bond acceptors (Lipinski definition) is 12. The molecule has 56 heavy (non-hydrogen) atoms. The highest BCUT2D eigenvalue weighted by Crippen LogP contribution is 2.41. The lowest BCUT2D eigenvalue weighted by atomic mass is 9.82. The monoisotopic (exact) mass is 832 g/mol. The molecule has 0 aliphatic carbocycles. The molecule has 1 amide bonds. The summed E-state index contributed by atoms with van der Waals surface area (Å²) in [4.78, 5) is 35.0. The Kier molecular flexibility index (Phi) is 16.3. The zero-order valence-electron chi connectivity index (χ0n) is 30.9. The molecule has 3 aromatic heterocycles. The first-order valence-corrected chi connectivity index (χ1v) is 17.6. The minimum Gasteiger partial charge on any atom is -1.00 e. The predicted molar refractivity (Wildman–Crippen MR) is 199 cm³/mol. The number of pyridine rings is 1. The van der Waals surface area contributed by atoms with Crippen molar-refractivity contribution >= 4 is 41.6 Å². The Hall–Kier alpha value is -5.09. The van der Waals surface area contributed by atoms with Crippen LogP contribution in [0.25, 0.3) is 11.3 Å². The molecule has 0 aliphatic rings. The first-order valence-electron chi connectivity index (χ1n) is 16.7. The predicted octanol–water partition coefficient (Wildman–Crippen LogP) is 2.37. The van der Waals surface area contributed by atoms with E-state index in [1.165, 1.54) is 53.7 Å². The Morgan fingerprint density at radius 2 is 1.89 bits per heavy atom. The van der Waals surface area contributed by atoms with Crippen LogP contribution >= 0.6 is 23.7 Å². The van der Waals surface area contributed by atoms with E-state index in [1.807, 2.05) is 0 Å². The topological polar surface area (TPSA) is 169 Å². The maximum Gasteiger partial charge on any atom is 0.417 e. The first kappa shape index (κ1) is 45.3. The molecule has 3 heterocycles. The van der Waals surface area contributed by atoms with E-state index in [0.29, 0.717) is 21.8 Å². The van der Waals surface area contributed by atoms with Crippen LogP contribution in [0, 0.1) is 23.0 Å². The van der Waals surface area contributed by atoms with E-state index in [2.05, 4.69) is 21.5 Å². The summed E-state index contributed by atoms with van der Waals surface area (Å²) >= 11 is 1.25. The number of rotatable bonds is 15. The van der Waals surface area contributed by atoms with Crippen molar-refractivity contribution < 1.29 is 54.7 Å². The number of hydrogen-bond donors (Lipinski definition) is 2. The number of benzene rings is 2. The summed E-state index contributed by atoms with van der Waals surface area (Å²) in [5, 5.41) is 30.7. The molecule has 5 rings (SSSR count). The van der Waals surface area contributed by atoms with Gasteiger partial charge in [-0.15, -0.1) is 28.4 Å². The number of carbonyl (C=O) groups is 2. The summed E-state index contributed by atoms with van der Waals surface area (Å²) in [7, 11) is 3.08. The molecule has 2 unspecified atom stereocenters. The Labute approximate surface area is 338 Å². The number of nitrogens with zero attached hydrogens (tertiary/aromatic N) is 7. The molecule has 0 fully saturated rings. The molecular weight excluding hydrogens is 793 g/mol. The average molecular weight is 834 g/mol. The lowest BCUT2D eigenvalue weighted by molar-refractivity contribution is -0.763. The van der Waals surface area contributed by atoms with Crippen molar-refractivity contribution in [2.24, 2.45) is 0 Å². The van der Waals surface area contributed by atoms with Gasteiger partial charge in [0.25, 0.3) is 6.33 Å². The number of halogens is 4. The van der Waals surface area contributed by atoms with E-state index in [9.17, 15) is 19.1 Å². The van der Waals surface area contributed by atoms with E-state index in [-0.39, 0.29) is 55.9 Å². The molecule has 0 bridgehead atoms. The SMILES string of the molecule is CNCC(=O)OCc1cccnc1N(C)C(=O)OC(C)OC(C)[n+]1cnn(C[C@](O)(c2cc(F)ccc2F)[C@@H](C)c2nc(-c3ccc(C#N)cc3)cs2)c1.Cl.[Cl-]. The van der Waals surface area contributed by atoms with Crippen molar-refractivity contribution in [1.82, 2.24) is 25.1 Å². The number of anilines is 1. The minimum absolute atomic E-state index is 0. The van der Waals surface area contributed by atoms with Gasteiger partial charge in [0.05, 0.1) is 28.9 Å². The Morgan fingerprint density at radius 1 is 1.16 bits per heavy atom. The zero-order valence-corrected chi connectivity index (χ0v) is 33.3. The Morgan fingerprint density at radius 3 is 2.59 bits per heavy atom. The van der Waals surface area contributed by atoms with Crippen LogP contribution in [0.5, 0.6) is 0 Å². The Bertz CT molecular complexity index is 2140. The van der Waals surface area contributed by atoms with Gasteiger partial charge in [0.15, 0.2) is 6.23 Å². The van der Waals surface area contributed by atoms with E-state index in [0.717, 1.165) is 23.8 Å². The summed E-state index contributed by atoms with van der Waals surface area (Å²) in [6, 6.07) is 15.2. The number of aromatic nitrogens is 5. The van der Waals surface area contributed by atoms with Crippen molar-refractivity contribution in [3.63, 3.8) is 0 Å². The quantitative estimate of drug-likeness (QED) is 0.0903.